The van der Waals surface area contributed by atoms with Gasteiger partial charge in [0.15, 0.2) is 0 Å². The van der Waals surface area contributed by atoms with E-state index in [1.165, 1.54) is 11.3 Å². The van der Waals surface area contributed by atoms with Crippen molar-refractivity contribution in [2.24, 2.45) is 5.92 Å². The number of hydrogen-bond donors (Lipinski definition) is 2. The summed E-state index contributed by atoms with van der Waals surface area (Å²) in [6, 6.07) is 8.55. The number of rotatable bonds is 5. The van der Waals surface area contributed by atoms with Crippen molar-refractivity contribution in [1.82, 2.24) is 15.3 Å². The van der Waals surface area contributed by atoms with E-state index in [0.29, 0.717) is 29.5 Å². The predicted molar refractivity (Wildman–Crippen MR) is 103 cm³/mol. The van der Waals surface area contributed by atoms with Gasteiger partial charge in [0, 0.05) is 36.6 Å². The number of aromatic amines is 1. The monoisotopic (exact) mass is 354 g/mol. The molecule has 1 saturated heterocycles. The molecular formula is C20H26N4O2. The Bertz CT molecular complexity index is 842. The molecule has 26 heavy (non-hydrogen) atoms. The van der Waals surface area contributed by atoms with E-state index >= 15 is 0 Å². The number of aryl methyl sites for hydroxylation is 3. The second-order valence-corrected chi connectivity index (χ2v) is 7.13. The van der Waals surface area contributed by atoms with Gasteiger partial charge < -0.3 is 15.2 Å². The lowest BCUT2D eigenvalue weighted by Gasteiger charge is -2.19. The lowest BCUT2D eigenvalue weighted by molar-refractivity contribution is -0.120. The zero-order valence-corrected chi connectivity index (χ0v) is 15.6. The zero-order valence-electron chi connectivity index (χ0n) is 15.6. The topological polar surface area (TPSA) is 78.1 Å². The van der Waals surface area contributed by atoms with Crippen LogP contribution < -0.4 is 15.8 Å². The third-order valence-electron chi connectivity index (χ3n) is 4.95. The molecule has 6 nitrogen and oxygen atoms in total. The van der Waals surface area contributed by atoms with E-state index in [-0.39, 0.29) is 17.9 Å². The third-order valence-corrected chi connectivity index (χ3v) is 4.95. The average molecular weight is 354 g/mol. The number of H-pyrrole nitrogens is 1. The molecule has 0 saturated carbocycles. The first-order chi connectivity index (χ1) is 12.4. The van der Waals surface area contributed by atoms with Crippen LogP contribution in [0.2, 0.25) is 0 Å². The summed E-state index contributed by atoms with van der Waals surface area (Å²) in [4.78, 5) is 33.5. The van der Waals surface area contributed by atoms with Crippen molar-refractivity contribution < 1.29 is 4.79 Å². The largest absolute Gasteiger partial charge is 0.371 e. The molecule has 0 radical (unpaired) electrons. The lowest BCUT2D eigenvalue weighted by Crippen LogP contribution is -2.33. The SMILES string of the molecule is Cc1ccc(N2CC[C@@H](CNC(=O)Cc3c(C)nc(C)[nH]c3=O)C2)cc1. The molecule has 0 bridgehead atoms. The predicted octanol–water partition coefficient (Wildman–Crippen LogP) is 1.88. The summed E-state index contributed by atoms with van der Waals surface area (Å²) in [5.41, 5.74) is 3.33. The Balaban J connectivity index is 1.51. The van der Waals surface area contributed by atoms with E-state index in [4.69, 9.17) is 0 Å². The van der Waals surface area contributed by atoms with Crippen LogP contribution in [0, 0.1) is 26.7 Å². The van der Waals surface area contributed by atoms with Crippen molar-refractivity contribution in [3.8, 4) is 0 Å². The second-order valence-electron chi connectivity index (χ2n) is 7.13. The second kappa shape index (κ2) is 7.72. The Labute approximate surface area is 153 Å². The van der Waals surface area contributed by atoms with Gasteiger partial charge in [-0.3, -0.25) is 9.59 Å². The molecule has 2 N–H and O–H groups in total. The van der Waals surface area contributed by atoms with E-state index < -0.39 is 0 Å². The number of hydrogen-bond acceptors (Lipinski definition) is 4. The minimum Gasteiger partial charge on any atom is -0.371 e. The molecule has 6 heteroatoms. The summed E-state index contributed by atoms with van der Waals surface area (Å²) < 4.78 is 0. The molecule has 138 valence electrons. The molecule has 1 fully saturated rings. The van der Waals surface area contributed by atoms with Crippen molar-refractivity contribution in [2.45, 2.75) is 33.6 Å². The molecule has 1 aromatic carbocycles. The van der Waals surface area contributed by atoms with Crippen LogP contribution >= 0.6 is 0 Å². The Kier molecular flexibility index (Phi) is 5.40. The highest BCUT2D eigenvalue weighted by Crippen LogP contribution is 2.23. The molecule has 1 aliphatic rings. The first kappa shape index (κ1) is 18.2. The third kappa shape index (κ3) is 4.31. The van der Waals surface area contributed by atoms with Crippen LogP contribution in [0.5, 0.6) is 0 Å². The normalized spacial score (nSPS) is 16.7. The molecule has 1 atom stereocenters. The quantitative estimate of drug-likeness (QED) is 0.859. The molecule has 0 aliphatic carbocycles. The molecule has 2 aromatic rings. The number of nitrogens with zero attached hydrogens (tertiary/aromatic N) is 2. The molecule has 0 spiro atoms. The minimum atomic E-state index is -0.225. The van der Waals surface area contributed by atoms with Crippen molar-refractivity contribution in [3.05, 3.63) is 57.3 Å². The fourth-order valence-corrected chi connectivity index (χ4v) is 3.43. The lowest BCUT2D eigenvalue weighted by atomic mass is 10.1. The summed E-state index contributed by atoms with van der Waals surface area (Å²) in [6.45, 7) is 8.17. The van der Waals surface area contributed by atoms with Gasteiger partial charge >= 0.3 is 0 Å². The fraction of sp³-hybridized carbons (Fsp3) is 0.450. The summed E-state index contributed by atoms with van der Waals surface area (Å²) in [7, 11) is 0. The number of nitrogens with one attached hydrogen (secondary N) is 2. The highest BCUT2D eigenvalue weighted by atomic mass is 16.2. The summed E-state index contributed by atoms with van der Waals surface area (Å²) in [5.74, 6) is 0.868. The first-order valence-corrected chi connectivity index (χ1v) is 9.07. The van der Waals surface area contributed by atoms with Crippen molar-refractivity contribution in [2.75, 3.05) is 24.5 Å². The van der Waals surface area contributed by atoms with Gasteiger partial charge in [-0.25, -0.2) is 4.98 Å². The van der Waals surface area contributed by atoms with Gasteiger partial charge in [0.25, 0.3) is 5.56 Å². The summed E-state index contributed by atoms with van der Waals surface area (Å²) in [5, 5.41) is 2.98. The number of anilines is 1. The maximum Gasteiger partial charge on any atom is 0.254 e. The van der Waals surface area contributed by atoms with Gasteiger partial charge in [-0.1, -0.05) is 17.7 Å². The van der Waals surface area contributed by atoms with Gasteiger partial charge in [0.1, 0.15) is 5.82 Å². The maximum absolute atomic E-state index is 12.2. The number of carbonyl (C=O) groups is 1. The standard InChI is InChI=1S/C20H26N4O2/c1-13-4-6-17(7-5-13)24-9-8-16(12-24)11-21-19(25)10-18-14(2)22-15(3)23-20(18)26/h4-7,16H,8-12H2,1-3H3,(H,21,25)(H,22,23,26)/t16-/m0/s1. The van der Waals surface area contributed by atoms with Crippen molar-refractivity contribution in [3.63, 3.8) is 0 Å². The van der Waals surface area contributed by atoms with E-state index in [0.717, 1.165) is 19.5 Å². The summed E-state index contributed by atoms with van der Waals surface area (Å²) >= 11 is 0. The number of benzene rings is 1. The van der Waals surface area contributed by atoms with E-state index in [1.807, 2.05) is 0 Å². The Hall–Kier alpha value is -2.63. The van der Waals surface area contributed by atoms with Gasteiger partial charge in [-0.15, -0.1) is 0 Å². The first-order valence-electron chi connectivity index (χ1n) is 9.07. The fourth-order valence-electron chi connectivity index (χ4n) is 3.43. The maximum atomic E-state index is 12.2. The van der Waals surface area contributed by atoms with E-state index in [2.05, 4.69) is 51.4 Å². The van der Waals surface area contributed by atoms with Crippen LogP contribution in [0.15, 0.2) is 29.1 Å². The Morgan fingerprint density at radius 3 is 2.69 bits per heavy atom. The van der Waals surface area contributed by atoms with Crippen LogP contribution in [-0.2, 0) is 11.2 Å². The van der Waals surface area contributed by atoms with Gasteiger partial charge in [0.2, 0.25) is 5.91 Å². The van der Waals surface area contributed by atoms with E-state index in [9.17, 15) is 9.59 Å². The van der Waals surface area contributed by atoms with Gasteiger partial charge in [-0.2, -0.15) is 0 Å². The van der Waals surface area contributed by atoms with E-state index in [1.54, 1.807) is 13.8 Å². The molecule has 3 rings (SSSR count). The van der Waals surface area contributed by atoms with Crippen LogP contribution in [0.1, 0.15) is 29.1 Å². The molecule has 1 aromatic heterocycles. The molecule has 1 aliphatic heterocycles. The van der Waals surface area contributed by atoms with Gasteiger partial charge in [0.05, 0.1) is 6.42 Å². The highest BCUT2D eigenvalue weighted by molar-refractivity contribution is 5.78. The Morgan fingerprint density at radius 1 is 1.27 bits per heavy atom. The zero-order chi connectivity index (χ0) is 18.7. The number of aromatic nitrogens is 2. The van der Waals surface area contributed by atoms with Crippen molar-refractivity contribution >= 4 is 11.6 Å². The van der Waals surface area contributed by atoms with Crippen LogP contribution in [-0.4, -0.2) is 35.5 Å². The number of amides is 1. The molecule has 1 amide bonds. The average Bonchev–Trinajstić information content (AvgIpc) is 3.06. The smallest absolute Gasteiger partial charge is 0.254 e. The van der Waals surface area contributed by atoms with Crippen LogP contribution in [0.25, 0.3) is 0 Å². The van der Waals surface area contributed by atoms with Gasteiger partial charge in [-0.05, 0) is 45.2 Å². The molecule has 0 unspecified atom stereocenters. The number of carbonyl (C=O) groups excluding carboxylic acids is 1. The minimum absolute atomic E-state index is 0.0723. The Morgan fingerprint density at radius 2 is 2.00 bits per heavy atom. The highest BCUT2D eigenvalue weighted by Gasteiger charge is 2.23. The molecule has 2 heterocycles. The van der Waals surface area contributed by atoms with Crippen LogP contribution in [0.4, 0.5) is 5.69 Å². The molecular weight excluding hydrogens is 328 g/mol. The van der Waals surface area contributed by atoms with Crippen molar-refractivity contribution in [1.29, 1.82) is 0 Å². The van der Waals surface area contributed by atoms with Crippen LogP contribution in [0.3, 0.4) is 0 Å². The summed E-state index contributed by atoms with van der Waals surface area (Å²) in [6.07, 6.45) is 1.13.